The highest BCUT2D eigenvalue weighted by molar-refractivity contribution is 5.94. The molecule has 7 heteroatoms. The standard InChI is InChI=1S/C13H12F3N3O/c1-19-5-3-9(18-19)2-4-17-13(20)8-6-10(14)12(16)11(15)7-8/h3,5-7H,2,4H2,1H3,(H,17,20). The summed E-state index contributed by atoms with van der Waals surface area (Å²) in [7, 11) is 1.77. The third-order valence-electron chi connectivity index (χ3n) is 2.68. The summed E-state index contributed by atoms with van der Waals surface area (Å²) in [5.74, 6) is -5.03. The van der Waals surface area contributed by atoms with Gasteiger partial charge in [0.25, 0.3) is 5.91 Å². The van der Waals surface area contributed by atoms with Crippen LogP contribution in [0.15, 0.2) is 24.4 Å². The molecule has 0 unspecified atom stereocenters. The summed E-state index contributed by atoms with van der Waals surface area (Å²) >= 11 is 0. The number of amides is 1. The molecule has 1 N–H and O–H groups in total. The van der Waals surface area contributed by atoms with E-state index in [0.717, 1.165) is 5.69 Å². The number of carbonyl (C=O) groups excluding carboxylic acids is 1. The molecule has 0 aliphatic heterocycles. The van der Waals surface area contributed by atoms with Gasteiger partial charge in [-0.2, -0.15) is 5.10 Å². The first-order valence-corrected chi connectivity index (χ1v) is 5.88. The maximum Gasteiger partial charge on any atom is 0.251 e. The molecule has 1 aromatic heterocycles. The molecule has 0 spiro atoms. The number of nitrogens with one attached hydrogen (secondary N) is 1. The lowest BCUT2D eigenvalue weighted by Gasteiger charge is -2.05. The molecule has 4 nitrogen and oxygen atoms in total. The molecule has 20 heavy (non-hydrogen) atoms. The second-order valence-electron chi connectivity index (χ2n) is 4.24. The molecule has 0 saturated carbocycles. The maximum atomic E-state index is 13.0. The van der Waals surface area contributed by atoms with Crippen molar-refractivity contribution in [1.82, 2.24) is 15.1 Å². The molecule has 0 aliphatic carbocycles. The third-order valence-corrected chi connectivity index (χ3v) is 2.68. The van der Waals surface area contributed by atoms with Gasteiger partial charge in [0.05, 0.1) is 5.69 Å². The van der Waals surface area contributed by atoms with E-state index in [2.05, 4.69) is 10.4 Å². The maximum absolute atomic E-state index is 13.0. The number of halogens is 3. The predicted octanol–water partition coefficient (Wildman–Crippen LogP) is 1.81. The lowest BCUT2D eigenvalue weighted by molar-refractivity contribution is 0.0953. The minimum atomic E-state index is -1.59. The number of aromatic nitrogens is 2. The molecule has 0 saturated heterocycles. The van der Waals surface area contributed by atoms with E-state index in [9.17, 15) is 18.0 Å². The van der Waals surface area contributed by atoms with E-state index in [0.29, 0.717) is 18.6 Å². The number of nitrogens with zero attached hydrogens (tertiary/aromatic N) is 2. The van der Waals surface area contributed by atoms with Gasteiger partial charge in [0.15, 0.2) is 17.5 Å². The molecule has 0 bridgehead atoms. The van der Waals surface area contributed by atoms with Gasteiger partial charge in [-0.05, 0) is 18.2 Å². The third kappa shape index (κ3) is 3.17. The van der Waals surface area contributed by atoms with Crippen LogP contribution in [0.3, 0.4) is 0 Å². The van der Waals surface area contributed by atoms with Crippen LogP contribution < -0.4 is 5.32 Å². The molecule has 106 valence electrons. The first-order valence-electron chi connectivity index (χ1n) is 5.88. The summed E-state index contributed by atoms with van der Waals surface area (Å²) in [6.07, 6.45) is 2.25. The summed E-state index contributed by atoms with van der Waals surface area (Å²) < 4.78 is 40.3. The lowest BCUT2D eigenvalue weighted by Crippen LogP contribution is -2.26. The van der Waals surface area contributed by atoms with Crippen LogP contribution in [0.1, 0.15) is 16.1 Å². The molecular weight excluding hydrogens is 271 g/mol. The summed E-state index contributed by atoms with van der Waals surface area (Å²) in [5, 5.41) is 6.60. The average molecular weight is 283 g/mol. The highest BCUT2D eigenvalue weighted by Crippen LogP contribution is 2.13. The number of aryl methyl sites for hydroxylation is 1. The zero-order valence-corrected chi connectivity index (χ0v) is 10.7. The Bertz CT molecular complexity index is 617. The Morgan fingerprint density at radius 1 is 1.30 bits per heavy atom. The van der Waals surface area contributed by atoms with Crippen LogP contribution in [0.5, 0.6) is 0 Å². The molecule has 0 aliphatic rings. The Labute approximate surface area is 113 Å². The van der Waals surface area contributed by atoms with E-state index in [1.807, 2.05) is 0 Å². The monoisotopic (exact) mass is 283 g/mol. The van der Waals surface area contributed by atoms with Crippen molar-refractivity contribution in [3.05, 3.63) is 53.1 Å². The van der Waals surface area contributed by atoms with Crippen LogP contribution in [0.4, 0.5) is 13.2 Å². The summed E-state index contributed by atoms with van der Waals surface area (Å²) in [5.41, 5.74) is 0.520. The van der Waals surface area contributed by atoms with E-state index >= 15 is 0 Å². The van der Waals surface area contributed by atoms with Crippen molar-refractivity contribution in [3.63, 3.8) is 0 Å². The fraction of sp³-hybridized carbons (Fsp3) is 0.231. The second kappa shape index (κ2) is 5.77. The van der Waals surface area contributed by atoms with Gasteiger partial charge in [0, 0.05) is 31.8 Å². The quantitative estimate of drug-likeness (QED) is 0.870. The molecule has 2 aromatic rings. The smallest absolute Gasteiger partial charge is 0.251 e. The normalized spacial score (nSPS) is 10.6. The Morgan fingerprint density at radius 2 is 1.95 bits per heavy atom. The molecule has 0 atom stereocenters. The zero-order chi connectivity index (χ0) is 14.7. The van der Waals surface area contributed by atoms with Crippen molar-refractivity contribution in [2.45, 2.75) is 6.42 Å². The number of benzene rings is 1. The number of carbonyl (C=O) groups is 1. The molecule has 0 radical (unpaired) electrons. The van der Waals surface area contributed by atoms with Gasteiger partial charge in [-0.15, -0.1) is 0 Å². The van der Waals surface area contributed by atoms with Crippen LogP contribution in [-0.4, -0.2) is 22.2 Å². The Hall–Kier alpha value is -2.31. The number of rotatable bonds is 4. The Balaban J connectivity index is 1.95. The summed E-state index contributed by atoms with van der Waals surface area (Å²) in [6.45, 7) is 0.260. The van der Waals surface area contributed by atoms with Gasteiger partial charge in [0.2, 0.25) is 0 Å². The van der Waals surface area contributed by atoms with Crippen LogP contribution in [0.25, 0.3) is 0 Å². The van der Waals surface area contributed by atoms with E-state index in [1.54, 1.807) is 24.0 Å². The van der Waals surface area contributed by atoms with Gasteiger partial charge in [0.1, 0.15) is 0 Å². The highest BCUT2D eigenvalue weighted by Gasteiger charge is 2.14. The van der Waals surface area contributed by atoms with Crippen molar-refractivity contribution in [3.8, 4) is 0 Å². The summed E-state index contributed by atoms with van der Waals surface area (Å²) in [6, 6.07) is 3.12. The van der Waals surface area contributed by atoms with Crippen molar-refractivity contribution >= 4 is 5.91 Å². The van der Waals surface area contributed by atoms with Crippen molar-refractivity contribution in [2.75, 3.05) is 6.54 Å². The largest absolute Gasteiger partial charge is 0.352 e. The molecule has 1 heterocycles. The molecular formula is C13H12F3N3O. The van der Waals surface area contributed by atoms with Crippen molar-refractivity contribution < 1.29 is 18.0 Å². The Kier molecular flexibility index (Phi) is 4.07. The molecule has 1 amide bonds. The topological polar surface area (TPSA) is 46.9 Å². The van der Waals surface area contributed by atoms with E-state index in [1.165, 1.54) is 0 Å². The fourth-order valence-electron chi connectivity index (χ4n) is 1.69. The minimum absolute atomic E-state index is 0.260. The average Bonchev–Trinajstić information content (AvgIpc) is 2.81. The highest BCUT2D eigenvalue weighted by atomic mass is 19.2. The number of hydrogen-bond acceptors (Lipinski definition) is 2. The van der Waals surface area contributed by atoms with Gasteiger partial charge < -0.3 is 5.32 Å². The van der Waals surface area contributed by atoms with Crippen LogP contribution in [0, 0.1) is 17.5 Å². The van der Waals surface area contributed by atoms with Crippen LogP contribution in [-0.2, 0) is 13.5 Å². The first kappa shape index (κ1) is 14.1. The predicted molar refractivity (Wildman–Crippen MR) is 65.6 cm³/mol. The summed E-state index contributed by atoms with van der Waals surface area (Å²) in [4.78, 5) is 11.7. The van der Waals surface area contributed by atoms with Crippen molar-refractivity contribution in [1.29, 1.82) is 0 Å². The Morgan fingerprint density at radius 3 is 2.50 bits per heavy atom. The lowest BCUT2D eigenvalue weighted by atomic mass is 10.2. The van der Waals surface area contributed by atoms with E-state index in [4.69, 9.17) is 0 Å². The first-order chi connectivity index (χ1) is 9.47. The van der Waals surface area contributed by atoms with Crippen molar-refractivity contribution in [2.24, 2.45) is 7.05 Å². The second-order valence-corrected chi connectivity index (χ2v) is 4.24. The van der Waals surface area contributed by atoms with Gasteiger partial charge in [-0.1, -0.05) is 0 Å². The molecule has 0 fully saturated rings. The fourth-order valence-corrected chi connectivity index (χ4v) is 1.69. The van der Waals surface area contributed by atoms with Crippen LogP contribution in [0.2, 0.25) is 0 Å². The SMILES string of the molecule is Cn1ccc(CCNC(=O)c2cc(F)c(F)c(F)c2)n1. The van der Waals surface area contributed by atoms with Crippen LogP contribution >= 0.6 is 0 Å². The van der Waals surface area contributed by atoms with E-state index < -0.39 is 23.4 Å². The molecule has 1 aromatic carbocycles. The van der Waals surface area contributed by atoms with Gasteiger partial charge >= 0.3 is 0 Å². The van der Waals surface area contributed by atoms with Gasteiger partial charge in [-0.3, -0.25) is 9.48 Å². The zero-order valence-electron chi connectivity index (χ0n) is 10.7. The van der Waals surface area contributed by atoms with Gasteiger partial charge in [-0.25, -0.2) is 13.2 Å². The van der Waals surface area contributed by atoms with E-state index in [-0.39, 0.29) is 12.1 Å². The molecule has 2 rings (SSSR count). The number of hydrogen-bond donors (Lipinski definition) is 1. The minimum Gasteiger partial charge on any atom is -0.352 e.